The van der Waals surface area contributed by atoms with Crippen LogP contribution < -0.4 is 5.73 Å². The normalized spacial score (nSPS) is 26.4. The first-order chi connectivity index (χ1) is 4.43. The van der Waals surface area contributed by atoms with Crippen LogP contribution in [0.4, 0.5) is 0 Å². The Bertz CT molecular complexity index is 258. The highest BCUT2D eigenvalue weighted by atomic mass is 32.2. The van der Waals surface area contributed by atoms with E-state index in [-0.39, 0.29) is 10.7 Å². The van der Waals surface area contributed by atoms with Gasteiger partial charge in [-0.25, -0.2) is 0 Å². The zero-order chi connectivity index (χ0) is 7.94. The fraction of sp³-hybridized carbons (Fsp3) is 0.667. The topological polar surface area (TPSA) is 101 Å². The van der Waals surface area contributed by atoms with Crippen molar-refractivity contribution in [1.82, 2.24) is 4.31 Å². The van der Waals surface area contributed by atoms with Crippen molar-refractivity contribution >= 4 is 16.2 Å². The Hall–Kier alpha value is -0.660. The Balaban J connectivity index is 2.84. The van der Waals surface area contributed by atoms with E-state index in [2.05, 4.69) is 0 Å². The average molecular weight is 166 g/mol. The van der Waals surface area contributed by atoms with Gasteiger partial charge in [0.05, 0.1) is 6.42 Å². The van der Waals surface area contributed by atoms with Gasteiger partial charge in [0, 0.05) is 0 Å². The number of rotatable bonds is 1. The summed E-state index contributed by atoms with van der Waals surface area (Å²) in [5.74, 6) is -0.671. The average Bonchev–Trinajstić information content (AvgIpc) is 1.58. The van der Waals surface area contributed by atoms with Crippen molar-refractivity contribution in [2.75, 3.05) is 0 Å². The van der Waals surface area contributed by atoms with Crippen LogP contribution in [0.5, 0.6) is 0 Å². The van der Waals surface area contributed by atoms with E-state index < -0.39 is 22.4 Å². The number of β-lactam (4-membered cyclic amide) rings is 1. The molecule has 1 atom stereocenters. The van der Waals surface area contributed by atoms with Crippen molar-refractivity contribution in [2.45, 2.75) is 12.6 Å². The molecule has 1 aliphatic rings. The minimum Gasteiger partial charge on any atom is -0.310 e. The first-order valence-electron chi connectivity index (χ1n) is 2.48. The molecule has 0 saturated carbocycles. The third-order valence-corrected chi connectivity index (χ3v) is 2.15. The smallest absolute Gasteiger partial charge is 0.310 e. The SMILES string of the molecule is N[C@H]1CC(=O)N1S(=O)(=O)O. The van der Waals surface area contributed by atoms with E-state index >= 15 is 0 Å². The molecule has 0 spiro atoms. The van der Waals surface area contributed by atoms with Crippen molar-refractivity contribution in [3.05, 3.63) is 0 Å². The van der Waals surface area contributed by atoms with Crippen LogP contribution >= 0.6 is 0 Å². The molecule has 0 aromatic rings. The zero-order valence-corrected chi connectivity index (χ0v) is 5.71. The largest absolute Gasteiger partial charge is 0.363 e. The van der Waals surface area contributed by atoms with Crippen molar-refractivity contribution in [1.29, 1.82) is 0 Å². The number of carbonyl (C=O) groups is 1. The molecule has 0 radical (unpaired) electrons. The van der Waals surface area contributed by atoms with Crippen LogP contribution in [0.3, 0.4) is 0 Å². The molecule has 0 aliphatic carbocycles. The summed E-state index contributed by atoms with van der Waals surface area (Å²) in [6.07, 6.45) is -0.915. The van der Waals surface area contributed by atoms with Crippen molar-refractivity contribution in [3.63, 3.8) is 0 Å². The molecule has 0 aromatic carbocycles. The third-order valence-electron chi connectivity index (χ3n) is 1.18. The summed E-state index contributed by atoms with van der Waals surface area (Å²) >= 11 is 0. The summed E-state index contributed by atoms with van der Waals surface area (Å²) < 4.78 is 28.9. The maximum absolute atomic E-state index is 10.4. The molecular formula is C3H6N2O4S. The van der Waals surface area contributed by atoms with Crippen molar-refractivity contribution in [2.24, 2.45) is 5.73 Å². The van der Waals surface area contributed by atoms with Crippen LogP contribution in [0.2, 0.25) is 0 Å². The molecule has 1 rings (SSSR count). The lowest BCUT2D eigenvalue weighted by Crippen LogP contribution is -2.59. The summed E-state index contributed by atoms with van der Waals surface area (Å²) in [6.45, 7) is 0. The molecule has 0 aromatic heterocycles. The number of hydrogen-bond donors (Lipinski definition) is 2. The van der Waals surface area contributed by atoms with Gasteiger partial charge in [-0.05, 0) is 0 Å². The first kappa shape index (κ1) is 7.45. The predicted molar refractivity (Wildman–Crippen MR) is 31.0 cm³/mol. The first-order valence-corrected chi connectivity index (χ1v) is 3.88. The van der Waals surface area contributed by atoms with Crippen LogP contribution in [0.25, 0.3) is 0 Å². The minimum atomic E-state index is -4.41. The van der Waals surface area contributed by atoms with Crippen LogP contribution in [0.1, 0.15) is 6.42 Å². The van der Waals surface area contributed by atoms with E-state index in [1.54, 1.807) is 0 Å². The highest BCUT2D eigenvalue weighted by molar-refractivity contribution is 7.84. The third kappa shape index (κ3) is 0.981. The fourth-order valence-corrected chi connectivity index (χ4v) is 1.47. The van der Waals surface area contributed by atoms with Crippen LogP contribution in [0.15, 0.2) is 0 Å². The Labute approximate surface area is 57.5 Å². The quantitative estimate of drug-likeness (QED) is 0.357. The number of nitrogens with two attached hydrogens (primary N) is 1. The van der Waals surface area contributed by atoms with E-state index in [0.29, 0.717) is 0 Å². The summed E-state index contributed by atoms with van der Waals surface area (Å²) in [6, 6.07) is 0. The van der Waals surface area contributed by atoms with Gasteiger partial charge in [-0.15, -0.1) is 0 Å². The van der Waals surface area contributed by atoms with E-state index in [4.69, 9.17) is 10.3 Å². The number of carbonyl (C=O) groups excluding carboxylic acids is 1. The lowest BCUT2D eigenvalue weighted by atomic mass is 10.2. The number of hydrogen-bond acceptors (Lipinski definition) is 4. The standard InChI is InChI=1S/C3H6N2O4S/c4-2-1-3(6)5(2)10(7,8)9/h2H,1,4H2,(H,7,8,9)/t2-/m1/s1. The van der Waals surface area contributed by atoms with Gasteiger partial charge in [-0.1, -0.05) is 0 Å². The molecule has 3 N–H and O–H groups in total. The van der Waals surface area contributed by atoms with E-state index in [1.807, 2.05) is 0 Å². The summed E-state index contributed by atoms with van der Waals surface area (Å²) in [4.78, 5) is 10.4. The molecule has 1 heterocycles. The Morgan fingerprint density at radius 2 is 2.20 bits per heavy atom. The fourth-order valence-electron chi connectivity index (χ4n) is 0.724. The molecule has 1 amide bonds. The van der Waals surface area contributed by atoms with E-state index in [9.17, 15) is 13.2 Å². The Kier molecular flexibility index (Phi) is 1.42. The Morgan fingerprint density at radius 1 is 1.70 bits per heavy atom. The summed E-state index contributed by atoms with van der Waals surface area (Å²) in [5.41, 5.74) is 5.07. The highest BCUT2D eigenvalue weighted by Gasteiger charge is 2.41. The molecule has 1 fully saturated rings. The molecule has 10 heavy (non-hydrogen) atoms. The molecule has 7 heteroatoms. The Morgan fingerprint density at radius 3 is 2.30 bits per heavy atom. The zero-order valence-electron chi connectivity index (χ0n) is 4.89. The lowest BCUT2D eigenvalue weighted by Gasteiger charge is -2.33. The molecule has 1 aliphatic heterocycles. The van der Waals surface area contributed by atoms with Crippen LogP contribution in [0, 0.1) is 0 Å². The second-order valence-electron chi connectivity index (χ2n) is 1.94. The van der Waals surface area contributed by atoms with E-state index in [1.165, 1.54) is 0 Å². The van der Waals surface area contributed by atoms with E-state index in [0.717, 1.165) is 0 Å². The minimum absolute atomic E-state index is 0.0280. The predicted octanol–water partition coefficient (Wildman–Crippen LogP) is -1.69. The number of nitrogens with zero attached hydrogens (tertiary/aromatic N) is 1. The van der Waals surface area contributed by atoms with Gasteiger partial charge < -0.3 is 5.73 Å². The van der Waals surface area contributed by atoms with Crippen LogP contribution in [-0.2, 0) is 15.1 Å². The van der Waals surface area contributed by atoms with Gasteiger partial charge in [0.15, 0.2) is 0 Å². The van der Waals surface area contributed by atoms with Gasteiger partial charge in [0.1, 0.15) is 6.17 Å². The molecule has 58 valence electrons. The van der Waals surface area contributed by atoms with Crippen molar-refractivity contribution in [3.8, 4) is 0 Å². The second-order valence-corrected chi connectivity index (χ2v) is 3.23. The lowest BCUT2D eigenvalue weighted by molar-refractivity contribution is -0.137. The highest BCUT2D eigenvalue weighted by Crippen LogP contribution is 2.17. The molecule has 0 unspecified atom stereocenters. The maximum Gasteiger partial charge on any atom is 0.363 e. The molecule has 0 bridgehead atoms. The van der Waals surface area contributed by atoms with Gasteiger partial charge >= 0.3 is 10.3 Å². The van der Waals surface area contributed by atoms with Gasteiger partial charge in [0.2, 0.25) is 5.91 Å². The monoisotopic (exact) mass is 166 g/mol. The maximum atomic E-state index is 10.4. The molecule has 1 saturated heterocycles. The second kappa shape index (κ2) is 1.91. The molecule has 6 nitrogen and oxygen atoms in total. The van der Waals surface area contributed by atoms with Gasteiger partial charge in [-0.2, -0.15) is 12.7 Å². The number of amides is 1. The van der Waals surface area contributed by atoms with Crippen molar-refractivity contribution < 1.29 is 17.8 Å². The van der Waals surface area contributed by atoms with Crippen LogP contribution in [-0.4, -0.2) is 29.3 Å². The van der Waals surface area contributed by atoms with Gasteiger partial charge in [0.25, 0.3) is 0 Å². The summed E-state index contributed by atoms with van der Waals surface area (Å²) in [5, 5.41) is 0. The summed E-state index contributed by atoms with van der Waals surface area (Å²) in [7, 11) is -4.41. The molecular weight excluding hydrogens is 160 g/mol. The van der Waals surface area contributed by atoms with Gasteiger partial charge in [-0.3, -0.25) is 9.35 Å².